The van der Waals surface area contributed by atoms with Gasteiger partial charge >= 0.3 is 0 Å². The number of carbonyl (C=O) groups excluding carboxylic acids is 1. The standard InChI is InChI=1S/C17H18N4O2/c1-10-7-16(14(9-18)11(2)19-10)21-13-5-6-15(20-12(3)22)17(8-13)23-4/h5-8H,1-4H3,(H,19,21)(H,20,22). The summed E-state index contributed by atoms with van der Waals surface area (Å²) in [5.41, 5.74) is 4.03. The molecule has 6 nitrogen and oxygen atoms in total. The summed E-state index contributed by atoms with van der Waals surface area (Å²) in [6.45, 7) is 5.12. The first kappa shape index (κ1) is 16.3. The number of hydrogen-bond acceptors (Lipinski definition) is 5. The van der Waals surface area contributed by atoms with E-state index in [-0.39, 0.29) is 5.91 Å². The van der Waals surface area contributed by atoms with Gasteiger partial charge in [0.1, 0.15) is 11.8 Å². The molecule has 1 aromatic heterocycles. The maximum absolute atomic E-state index is 11.2. The van der Waals surface area contributed by atoms with Crippen LogP contribution >= 0.6 is 0 Å². The molecule has 0 saturated heterocycles. The summed E-state index contributed by atoms with van der Waals surface area (Å²) < 4.78 is 5.30. The number of nitrogens with one attached hydrogen (secondary N) is 2. The number of aryl methyl sites for hydroxylation is 2. The first-order valence-corrected chi connectivity index (χ1v) is 7.05. The van der Waals surface area contributed by atoms with Crippen LogP contribution < -0.4 is 15.4 Å². The van der Waals surface area contributed by atoms with Gasteiger partial charge < -0.3 is 15.4 Å². The normalized spacial score (nSPS) is 9.87. The maximum Gasteiger partial charge on any atom is 0.221 e. The molecule has 2 N–H and O–H groups in total. The van der Waals surface area contributed by atoms with Crippen molar-refractivity contribution in [3.8, 4) is 11.8 Å². The summed E-state index contributed by atoms with van der Waals surface area (Å²) in [6, 6.07) is 9.30. The molecule has 0 aliphatic rings. The molecule has 0 spiro atoms. The van der Waals surface area contributed by atoms with Gasteiger partial charge in [0.15, 0.2) is 0 Å². The van der Waals surface area contributed by atoms with E-state index < -0.39 is 0 Å². The highest BCUT2D eigenvalue weighted by molar-refractivity contribution is 5.91. The molecule has 23 heavy (non-hydrogen) atoms. The van der Waals surface area contributed by atoms with Crippen molar-refractivity contribution in [3.05, 3.63) is 41.2 Å². The smallest absolute Gasteiger partial charge is 0.221 e. The van der Waals surface area contributed by atoms with Crippen molar-refractivity contribution in [2.24, 2.45) is 0 Å². The average molecular weight is 310 g/mol. The number of carbonyl (C=O) groups is 1. The molecule has 0 atom stereocenters. The number of amides is 1. The third-order valence-electron chi connectivity index (χ3n) is 3.23. The molecule has 2 rings (SSSR count). The van der Waals surface area contributed by atoms with Crippen molar-refractivity contribution in [2.45, 2.75) is 20.8 Å². The Morgan fingerprint density at radius 3 is 2.61 bits per heavy atom. The summed E-state index contributed by atoms with van der Waals surface area (Å²) in [5.74, 6) is 0.363. The molecule has 0 saturated carbocycles. The SMILES string of the molecule is COc1cc(Nc2cc(C)nc(C)c2C#N)ccc1NC(C)=O. The highest BCUT2D eigenvalue weighted by atomic mass is 16.5. The number of aromatic nitrogens is 1. The van der Waals surface area contributed by atoms with E-state index in [2.05, 4.69) is 21.7 Å². The molecular formula is C17H18N4O2. The second-order valence-electron chi connectivity index (χ2n) is 5.10. The Balaban J connectivity index is 2.38. The lowest BCUT2D eigenvalue weighted by Gasteiger charge is -2.14. The van der Waals surface area contributed by atoms with E-state index in [1.807, 2.05) is 13.0 Å². The number of methoxy groups -OCH3 is 1. The molecule has 0 unspecified atom stereocenters. The van der Waals surface area contributed by atoms with Crippen molar-refractivity contribution in [1.82, 2.24) is 4.98 Å². The topological polar surface area (TPSA) is 87.0 Å². The van der Waals surface area contributed by atoms with Crippen molar-refractivity contribution < 1.29 is 9.53 Å². The number of nitriles is 1. The Hall–Kier alpha value is -3.07. The van der Waals surface area contributed by atoms with Crippen LogP contribution in [0.5, 0.6) is 5.75 Å². The number of pyridine rings is 1. The Kier molecular flexibility index (Phi) is 4.82. The minimum Gasteiger partial charge on any atom is -0.494 e. The van der Waals surface area contributed by atoms with Crippen LogP contribution in [0.15, 0.2) is 24.3 Å². The van der Waals surface area contributed by atoms with Crippen molar-refractivity contribution >= 4 is 23.0 Å². The van der Waals surface area contributed by atoms with Crippen LogP contribution in [0.3, 0.4) is 0 Å². The predicted molar refractivity (Wildman–Crippen MR) is 89.0 cm³/mol. The van der Waals surface area contributed by atoms with Gasteiger partial charge in [0, 0.05) is 24.4 Å². The summed E-state index contributed by atoms with van der Waals surface area (Å²) in [5, 5.41) is 15.2. The van der Waals surface area contributed by atoms with Gasteiger partial charge in [0.05, 0.1) is 29.7 Å². The van der Waals surface area contributed by atoms with Gasteiger partial charge in [-0.3, -0.25) is 9.78 Å². The quantitative estimate of drug-likeness (QED) is 0.905. The molecule has 0 aliphatic heterocycles. The Bertz CT molecular complexity index is 794. The van der Waals surface area contributed by atoms with E-state index in [4.69, 9.17) is 4.74 Å². The minimum absolute atomic E-state index is 0.170. The van der Waals surface area contributed by atoms with Crippen LogP contribution in [0.25, 0.3) is 0 Å². The van der Waals surface area contributed by atoms with Crippen molar-refractivity contribution in [2.75, 3.05) is 17.7 Å². The molecule has 0 bridgehead atoms. The molecule has 1 aromatic carbocycles. The van der Waals surface area contributed by atoms with Crippen LogP contribution in [0.4, 0.5) is 17.1 Å². The second kappa shape index (κ2) is 6.79. The van der Waals surface area contributed by atoms with Crippen molar-refractivity contribution in [1.29, 1.82) is 5.26 Å². The number of benzene rings is 1. The lowest BCUT2D eigenvalue weighted by molar-refractivity contribution is -0.114. The lowest BCUT2D eigenvalue weighted by atomic mass is 10.1. The van der Waals surface area contributed by atoms with Crippen LogP contribution in [0.1, 0.15) is 23.9 Å². The van der Waals surface area contributed by atoms with E-state index in [0.717, 1.165) is 11.4 Å². The summed E-state index contributed by atoms with van der Waals surface area (Å²) in [6.07, 6.45) is 0. The lowest BCUT2D eigenvalue weighted by Crippen LogP contribution is -2.07. The molecule has 118 valence electrons. The third-order valence-corrected chi connectivity index (χ3v) is 3.23. The monoisotopic (exact) mass is 310 g/mol. The summed E-state index contributed by atoms with van der Waals surface area (Å²) in [4.78, 5) is 15.5. The second-order valence-corrected chi connectivity index (χ2v) is 5.10. The predicted octanol–water partition coefficient (Wildman–Crippen LogP) is 3.28. The number of rotatable bonds is 4. The number of nitrogens with zero attached hydrogens (tertiary/aromatic N) is 2. The van der Waals surface area contributed by atoms with Gasteiger partial charge in [0.2, 0.25) is 5.91 Å². The van der Waals surface area contributed by atoms with Crippen molar-refractivity contribution in [3.63, 3.8) is 0 Å². The molecule has 6 heteroatoms. The van der Waals surface area contributed by atoms with Crippen LogP contribution in [-0.4, -0.2) is 18.0 Å². The Morgan fingerprint density at radius 2 is 2.00 bits per heavy atom. The molecule has 2 aromatic rings. The average Bonchev–Trinajstić information content (AvgIpc) is 2.48. The van der Waals surface area contributed by atoms with Crippen LogP contribution in [0, 0.1) is 25.2 Å². The fourth-order valence-electron chi connectivity index (χ4n) is 2.29. The highest BCUT2D eigenvalue weighted by Crippen LogP contribution is 2.30. The minimum atomic E-state index is -0.170. The zero-order chi connectivity index (χ0) is 17.0. The maximum atomic E-state index is 11.2. The fourth-order valence-corrected chi connectivity index (χ4v) is 2.29. The van der Waals surface area contributed by atoms with Crippen LogP contribution in [0.2, 0.25) is 0 Å². The van der Waals surface area contributed by atoms with Gasteiger partial charge in [0.25, 0.3) is 0 Å². The number of ether oxygens (including phenoxy) is 1. The van der Waals surface area contributed by atoms with E-state index >= 15 is 0 Å². The molecule has 1 amide bonds. The van der Waals surface area contributed by atoms with E-state index in [9.17, 15) is 10.1 Å². The molecule has 0 radical (unpaired) electrons. The highest BCUT2D eigenvalue weighted by Gasteiger charge is 2.10. The van der Waals surface area contributed by atoms with Gasteiger partial charge in [-0.25, -0.2) is 0 Å². The summed E-state index contributed by atoms with van der Waals surface area (Å²) in [7, 11) is 1.53. The third kappa shape index (κ3) is 3.77. The number of anilines is 3. The largest absolute Gasteiger partial charge is 0.494 e. The first-order valence-electron chi connectivity index (χ1n) is 7.05. The Labute approximate surface area is 135 Å². The Morgan fingerprint density at radius 1 is 1.26 bits per heavy atom. The van der Waals surface area contributed by atoms with E-state index in [1.54, 1.807) is 25.1 Å². The van der Waals surface area contributed by atoms with E-state index in [1.165, 1.54) is 14.0 Å². The molecule has 1 heterocycles. The number of hydrogen-bond donors (Lipinski definition) is 2. The summed E-state index contributed by atoms with van der Waals surface area (Å²) >= 11 is 0. The zero-order valence-electron chi connectivity index (χ0n) is 13.5. The molecule has 0 fully saturated rings. The molecule has 0 aliphatic carbocycles. The molecular weight excluding hydrogens is 292 g/mol. The van der Waals surface area contributed by atoms with Gasteiger partial charge in [-0.1, -0.05) is 0 Å². The van der Waals surface area contributed by atoms with Gasteiger partial charge in [-0.15, -0.1) is 0 Å². The first-order chi connectivity index (χ1) is 10.9. The van der Waals surface area contributed by atoms with Gasteiger partial charge in [-0.05, 0) is 32.0 Å². The van der Waals surface area contributed by atoms with E-state index in [0.29, 0.717) is 28.4 Å². The van der Waals surface area contributed by atoms with Crippen LogP contribution in [-0.2, 0) is 4.79 Å². The fraction of sp³-hybridized carbons (Fsp3) is 0.235. The van der Waals surface area contributed by atoms with Gasteiger partial charge in [-0.2, -0.15) is 5.26 Å². The zero-order valence-corrected chi connectivity index (χ0v) is 13.5.